The number of aromatic nitrogens is 1. The van der Waals surface area contributed by atoms with Crippen LogP contribution >= 0.6 is 23.1 Å². The number of rotatable bonds is 7. The van der Waals surface area contributed by atoms with Gasteiger partial charge >= 0.3 is 0 Å². The molecule has 1 unspecified atom stereocenters. The van der Waals surface area contributed by atoms with Crippen LogP contribution in [0, 0.1) is 0 Å². The van der Waals surface area contributed by atoms with Gasteiger partial charge in [-0.2, -0.15) is 0 Å². The number of guanidine groups is 1. The highest BCUT2D eigenvalue weighted by atomic mass is 32.2. The zero-order valence-corrected chi connectivity index (χ0v) is 14.4. The topological polar surface area (TPSA) is 58.5 Å². The van der Waals surface area contributed by atoms with Gasteiger partial charge in [-0.05, 0) is 26.2 Å². The first-order valence-electron chi connectivity index (χ1n) is 7.33. The van der Waals surface area contributed by atoms with Crippen LogP contribution in [-0.2, 0) is 4.74 Å². The number of ether oxygens (including phenoxy) is 1. The van der Waals surface area contributed by atoms with Gasteiger partial charge in [-0.15, -0.1) is 11.3 Å². The summed E-state index contributed by atoms with van der Waals surface area (Å²) in [6, 6.07) is 0. The Hall–Kier alpha value is -0.790. The van der Waals surface area contributed by atoms with Crippen molar-refractivity contribution in [2.75, 3.05) is 32.5 Å². The number of hydrogen-bond acceptors (Lipinski definition) is 5. The molecule has 2 N–H and O–H groups in total. The van der Waals surface area contributed by atoms with Crippen LogP contribution in [0.25, 0.3) is 0 Å². The van der Waals surface area contributed by atoms with E-state index in [4.69, 9.17) is 4.74 Å². The third kappa shape index (κ3) is 5.84. The minimum absolute atomic E-state index is 0.0433. The summed E-state index contributed by atoms with van der Waals surface area (Å²) in [6.45, 7) is 4.75. The first-order chi connectivity index (χ1) is 10.2. The lowest BCUT2D eigenvalue weighted by atomic mass is 10.0. The van der Waals surface area contributed by atoms with E-state index in [1.807, 2.05) is 11.6 Å². The van der Waals surface area contributed by atoms with Crippen LogP contribution in [0.2, 0.25) is 0 Å². The highest BCUT2D eigenvalue weighted by Gasteiger charge is 2.29. The maximum atomic E-state index is 5.77. The SMILES string of the molecule is CN=C(NCCCSc1nccs1)NCC1(C)CCCO1. The number of nitrogens with zero attached hydrogens (tertiary/aromatic N) is 2. The molecule has 0 amide bonds. The molecule has 0 aromatic carbocycles. The molecular weight excluding hydrogens is 304 g/mol. The van der Waals surface area contributed by atoms with E-state index in [0.29, 0.717) is 0 Å². The lowest BCUT2D eigenvalue weighted by Gasteiger charge is -2.24. The van der Waals surface area contributed by atoms with Crippen LogP contribution in [0.3, 0.4) is 0 Å². The van der Waals surface area contributed by atoms with Crippen LogP contribution in [-0.4, -0.2) is 49.0 Å². The van der Waals surface area contributed by atoms with Crippen molar-refractivity contribution in [1.82, 2.24) is 15.6 Å². The molecule has 0 bridgehead atoms. The molecule has 1 aliphatic heterocycles. The van der Waals surface area contributed by atoms with Crippen LogP contribution in [0.1, 0.15) is 26.2 Å². The number of nitrogens with one attached hydrogen (secondary N) is 2. The van der Waals surface area contributed by atoms with Crippen molar-refractivity contribution in [3.8, 4) is 0 Å². The Morgan fingerprint density at radius 3 is 3.14 bits per heavy atom. The van der Waals surface area contributed by atoms with Crippen LogP contribution in [0.5, 0.6) is 0 Å². The largest absolute Gasteiger partial charge is 0.373 e. The molecule has 1 aromatic heterocycles. The lowest BCUT2D eigenvalue weighted by Crippen LogP contribution is -2.45. The average Bonchev–Trinajstić information content (AvgIpc) is 3.14. The smallest absolute Gasteiger partial charge is 0.191 e. The van der Waals surface area contributed by atoms with Gasteiger partial charge in [0.1, 0.15) is 4.34 Å². The van der Waals surface area contributed by atoms with Crippen molar-refractivity contribution in [1.29, 1.82) is 0 Å². The Kier molecular flexibility index (Phi) is 6.79. The summed E-state index contributed by atoms with van der Waals surface area (Å²) in [5.41, 5.74) is -0.0433. The van der Waals surface area contributed by atoms with Crippen molar-refractivity contribution in [2.24, 2.45) is 4.99 Å². The van der Waals surface area contributed by atoms with E-state index in [-0.39, 0.29) is 5.60 Å². The summed E-state index contributed by atoms with van der Waals surface area (Å²) < 4.78 is 6.91. The zero-order valence-electron chi connectivity index (χ0n) is 12.7. The van der Waals surface area contributed by atoms with Gasteiger partial charge in [-0.1, -0.05) is 11.8 Å². The zero-order chi connectivity index (χ0) is 15.0. The number of aliphatic imine (C=N–C) groups is 1. The molecule has 7 heteroatoms. The Bertz CT molecular complexity index is 430. The second-order valence-corrected chi connectivity index (χ2v) is 7.49. The molecule has 1 atom stereocenters. The summed E-state index contributed by atoms with van der Waals surface area (Å²) in [7, 11) is 1.80. The number of hydrogen-bond donors (Lipinski definition) is 2. The van der Waals surface area contributed by atoms with E-state index < -0.39 is 0 Å². The minimum Gasteiger partial charge on any atom is -0.373 e. The van der Waals surface area contributed by atoms with Gasteiger partial charge in [0, 0.05) is 44.1 Å². The molecule has 5 nitrogen and oxygen atoms in total. The Morgan fingerprint density at radius 2 is 2.48 bits per heavy atom. The van der Waals surface area contributed by atoms with E-state index in [9.17, 15) is 0 Å². The Balaban J connectivity index is 1.57. The van der Waals surface area contributed by atoms with E-state index in [1.165, 1.54) is 0 Å². The van der Waals surface area contributed by atoms with Crippen molar-refractivity contribution in [2.45, 2.75) is 36.1 Å². The third-order valence-electron chi connectivity index (χ3n) is 3.40. The predicted octanol–water partition coefficient (Wildman–Crippen LogP) is 2.36. The number of thioether (sulfide) groups is 1. The molecular formula is C14H24N4OS2. The summed E-state index contributed by atoms with van der Waals surface area (Å²) in [4.78, 5) is 8.51. The molecule has 0 radical (unpaired) electrons. The van der Waals surface area contributed by atoms with Gasteiger partial charge in [0.25, 0.3) is 0 Å². The molecule has 21 heavy (non-hydrogen) atoms. The molecule has 1 aliphatic rings. The van der Waals surface area contributed by atoms with E-state index in [1.54, 1.807) is 30.1 Å². The summed E-state index contributed by atoms with van der Waals surface area (Å²) in [5.74, 6) is 1.92. The lowest BCUT2D eigenvalue weighted by molar-refractivity contribution is 0.0243. The van der Waals surface area contributed by atoms with Crippen LogP contribution < -0.4 is 10.6 Å². The predicted molar refractivity (Wildman–Crippen MR) is 90.4 cm³/mol. The van der Waals surface area contributed by atoms with Gasteiger partial charge in [0.15, 0.2) is 5.96 Å². The van der Waals surface area contributed by atoms with E-state index >= 15 is 0 Å². The Morgan fingerprint density at radius 1 is 1.57 bits per heavy atom. The van der Waals surface area contributed by atoms with Crippen molar-refractivity contribution in [3.05, 3.63) is 11.6 Å². The third-order valence-corrected chi connectivity index (χ3v) is 5.45. The van der Waals surface area contributed by atoms with E-state index in [2.05, 4.69) is 27.5 Å². The summed E-state index contributed by atoms with van der Waals surface area (Å²) in [6.07, 6.45) is 5.20. The monoisotopic (exact) mass is 328 g/mol. The first-order valence-corrected chi connectivity index (χ1v) is 9.19. The second kappa shape index (κ2) is 8.60. The van der Waals surface area contributed by atoms with Crippen molar-refractivity contribution < 1.29 is 4.74 Å². The van der Waals surface area contributed by atoms with Gasteiger partial charge in [-0.3, -0.25) is 4.99 Å². The quantitative estimate of drug-likeness (QED) is 0.348. The van der Waals surface area contributed by atoms with Crippen LogP contribution in [0.15, 0.2) is 20.9 Å². The van der Waals surface area contributed by atoms with Gasteiger partial charge in [0.05, 0.1) is 5.60 Å². The molecule has 2 heterocycles. The van der Waals surface area contributed by atoms with Crippen molar-refractivity contribution in [3.63, 3.8) is 0 Å². The van der Waals surface area contributed by atoms with Crippen molar-refractivity contribution >= 4 is 29.1 Å². The Labute approximate surface area is 135 Å². The molecule has 2 rings (SSSR count). The normalized spacial score (nSPS) is 22.5. The van der Waals surface area contributed by atoms with Gasteiger partial charge in [0.2, 0.25) is 0 Å². The fourth-order valence-corrected chi connectivity index (χ4v) is 3.84. The second-order valence-electron chi connectivity index (χ2n) is 5.25. The highest BCUT2D eigenvalue weighted by Crippen LogP contribution is 2.23. The standard InChI is InChI=1S/C14H24N4OS2/c1-14(5-3-8-19-14)11-18-12(15-2)16-6-4-9-20-13-17-7-10-21-13/h7,10H,3-6,8-9,11H2,1-2H3,(H2,15,16,18). The fourth-order valence-electron chi connectivity index (χ4n) is 2.19. The maximum Gasteiger partial charge on any atom is 0.191 e. The molecule has 1 aromatic rings. The molecule has 1 saturated heterocycles. The maximum absolute atomic E-state index is 5.77. The van der Waals surface area contributed by atoms with Gasteiger partial charge in [-0.25, -0.2) is 4.98 Å². The summed E-state index contributed by atoms with van der Waals surface area (Å²) >= 11 is 3.50. The molecule has 0 aliphatic carbocycles. The molecule has 118 valence electrons. The van der Waals surface area contributed by atoms with E-state index in [0.717, 1.165) is 55.0 Å². The van der Waals surface area contributed by atoms with Gasteiger partial charge < -0.3 is 15.4 Å². The summed E-state index contributed by atoms with van der Waals surface area (Å²) in [5, 5.41) is 8.71. The fraction of sp³-hybridized carbons (Fsp3) is 0.714. The van der Waals surface area contributed by atoms with Crippen LogP contribution in [0.4, 0.5) is 0 Å². The minimum atomic E-state index is -0.0433. The average molecular weight is 329 g/mol. The molecule has 1 fully saturated rings. The first kappa shape index (κ1) is 16.6. The number of thiazole rings is 1. The molecule has 0 spiro atoms. The molecule has 0 saturated carbocycles. The highest BCUT2D eigenvalue weighted by molar-refractivity contribution is 8.00.